The number of halogens is 1. The molecule has 1 amide bonds. The zero-order chi connectivity index (χ0) is 19.9. The molecule has 1 heterocycles. The fraction of sp³-hybridized carbons (Fsp3) is 0.211. The van der Waals surface area contributed by atoms with E-state index in [-0.39, 0.29) is 17.4 Å². The molecule has 1 aromatic heterocycles. The zero-order valence-corrected chi connectivity index (χ0v) is 16.7. The number of hydrogen-bond donors (Lipinski definition) is 2. The number of ether oxygens (including phenoxy) is 1. The van der Waals surface area contributed by atoms with E-state index in [1.165, 1.54) is 11.8 Å². The monoisotopic (exact) mass is 418 g/mol. The van der Waals surface area contributed by atoms with Gasteiger partial charge in [-0.05, 0) is 24.3 Å². The standard InChI is InChI=1S/C19H19ClN4O3S/c1-27-11-10-24-18(13-6-2-5-9-16(13)25)22-23-19(24)28-12-17(26)21-15-8-4-3-7-14(15)20/h2-9,25H,10-12H2,1H3,(H,21,26). The molecular formula is C19H19ClN4O3S. The summed E-state index contributed by atoms with van der Waals surface area (Å²) in [6.45, 7) is 0.930. The Balaban J connectivity index is 1.75. The van der Waals surface area contributed by atoms with Gasteiger partial charge in [-0.3, -0.25) is 9.36 Å². The number of phenolic OH excluding ortho intramolecular Hbond substituents is 1. The molecule has 0 saturated carbocycles. The number of aromatic hydroxyl groups is 1. The second kappa shape index (κ2) is 9.59. The van der Waals surface area contributed by atoms with Crippen molar-refractivity contribution in [2.45, 2.75) is 11.7 Å². The highest BCUT2D eigenvalue weighted by molar-refractivity contribution is 7.99. The summed E-state index contributed by atoms with van der Waals surface area (Å²) in [6.07, 6.45) is 0. The predicted molar refractivity (Wildman–Crippen MR) is 110 cm³/mol. The van der Waals surface area contributed by atoms with Gasteiger partial charge in [-0.25, -0.2) is 0 Å². The summed E-state index contributed by atoms with van der Waals surface area (Å²) in [5.41, 5.74) is 1.13. The van der Waals surface area contributed by atoms with Crippen molar-refractivity contribution in [3.63, 3.8) is 0 Å². The minimum atomic E-state index is -0.205. The first kappa shape index (κ1) is 20.2. The van der Waals surface area contributed by atoms with E-state index < -0.39 is 0 Å². The van der Waals surface area contributed by atoms with Gasteiger partial charge < -0.3 is 15.2 Å². The molecule has 0 aliphatic carbocycles. The van der Waals surface area contributed by atoms with E-state index in [1.807, 2.05) is 10.6 Å². The summed E-state index contributed by atoms with van der Waals surface area (Å²) in [6, 6.07) is 14.0. The Kier molecular flexibility index (Phi) is 6.91. The average Bonchev–Trinajstić information content (AvgIpc) is 3.09. The molecule has 0 unspecified atom stereocenters. The van der Waals surface area contributed by atoms with Crippen LogP contribution in [0.3, 0.4) is 0 Å². The molecule has 7 nitrogen and oxygen atoms in total. The van der Waals surface area contributed by atoms with E-state index in [9.17, 15) is 9.90 Å². The summed E-state index contributed by atoms with van der Waals surface area (Å²) in [5, 5.41) is 22.3. The Labute approximate surface area is 171 Å². The number of nitrogens with zero attached hydrogens (tertiary/aromatic N) is 3. The maximum absolute atomic E-state index is 12.3. The van der Waals surface area contributed by atoms with Gasteiger partial charge in [0, 0.05) is 7.11 Å². The van der Waals surface area contributed by atoms with Crippen molar-refractivity contribution >= 4 is 35.0 Å². The lowest BCUT2D eigenvalue weighted by atomic mass is 10.2. The number of carbonyl (C=O) groups is 1. The number of aromatic nitrogens is 3. The highest BCUT2D eigenvalue weighted by Gasteiger charge is 2.18. The van der Waals surface area contributed by atoms with Crippen LogP contribution in [-0.4, -0.2) is 45.2 Å². The Bertz CT molecular complexity index is 964. The summed E-state index contributed by atoms with van der Waals surface area (Å²) in [4.78, 5) is 12.3. The Morgan fingerprint density at radius 2 is 1.96 bits per heavy atom. The van der Waals surface area contributed by atoms with Crippen molar-refractivity contribution in [2.24, 2.45) is 0 Å². The largest absolute Gasteiger partial charge is 0.507 e. The number of amides is 1. The maximum atomic E-state index is 12.3. The zero-order valence-electron chi connectivity index (χ0n) is 15.1. The summed E-state index contributed by atoms with van der Waals surface area (Å²) >= 11 is 7.32. The van der Waals surface area contributed by atoms with Gasteiger partial charge in [0.05, 0.1) is 35.2 Å². The topological polar surface area (TPSA) is 89.3 Å². The van der Waals surface area contributed by atoms with Crippen LogP contribution >= 0.6 is 23.4 Å². The van der Waals surface area contributed by atoms with Gasteiger partial charge in [-0.1, -0.05) is 47.6 Å². The normalized spacial score (nSPS) is 10.8. The molecule has 0 aliphatic heterocycles. The van der Waals surface area contributed by atoms with Gasteiger partial charge >= 0.3 is 0 Å². The molecule has 0 saturated heterocycles. The molecule has 0 aliphatic rings. The first-order valence-corrected chi connectivity index (χ1v) is 9.84. The van der Waals surface area contributed by atoms with E-state index in [4.69, 9.17) is 16.3 Å². The Morgan fingerprint density at radius 1 is 1.21 bits per heavy atom. The van der Waals surface area contributed by atoms with Gasteiger partial charge in [-0.15, -0.1) is 10.2 Å². The van der Waals surface area contributed by atoms with Crippen LogP contribution in [-0.2, 0) is 16.1 Å². The van der Waals surface area contributed by atoms with Crippen LogP contribution in [0.4, 0.5) is 5.69 Å². The quantitative estimate of drug-likeness (QED) is 0.542. The van der Waals surface area contributed by atoms with Gasteiger partial charge in [0.1, 0.15) is 5.75 Å². The lowest BCUT2D eigenvalue weighted by molar-refractivity contribution is -0.113. The van der Waals surface area contributed by atoms with Crippen molar-refractivity contribution in [1.29, 1.82) is 0 Å². The number of phenols is 1. The molecule has 0 atom stereocenters. The van der Waals surface area contributed by atoms with Crippen molar-refractivity contribution < 1.29 is 14.6 Å². The SMILES string of the molecule is COCCn1c(SCC(=O)Nc2ccccc2Cl)nnc1-c1ccccc1O. The minimum absolute atomic E-state index is 0.113. The number of thioether (sulfide) groups is 1. The molecule has 28 heavy (non-hydrogen) atoms. The van der Waals surface area contributed by atoms with Crippen LogP contribution in [0.2, 0.25) is 5.02 Å². The number of para-hydroxylation sites is 2. The Hall–Kier alpha value is -2.55. The molecular weight excluding hydrogens is 400 g/mol. The van der Waals surface area contributed by atoms with Crippen LogP contribution in [0.25, 0.3) is 11.4 Å². The van der Waals surface area contributed by atoms with Crippen LogP contribution in [0, 0.1) is 0 Å². The highest BCUT2D eigenvalue weighted by atomic mass is 35.5. The van der Waals surface area contributed by atoms with E-state index in [0.29, 0.717) is 40.4 Å². The average molecular weight is 419 g/mol. The first-order chi connectivity index (χ1) is 13.6. The number of anilines is 1. The third-order valence-corrected chi connectivity index (χ3v) is 5.16. The molecule has 0 radical (unpaired) electrons. The number of benzene rings is 2. The van der Waals surface area contributed by atoms with E-state index in [2.05, 4.69) is 15.5 Å². The van der Waals surface area contributed by atoms with Gasteiger partial charge in [-0.2, -0.15) is 0 Å². The number of carbonyl (C=O) groups excluding carboxylic acids is 1. The van der Waals surface area contributed by atoms with Crippen LogP contribution < -0.4 is 5.32 Å². The molecule has 9 heteroatoms. The molecule has 146 valence electrons. The van der Waals surface area contributed by atoms with Crippen molar-refractivity contribution in [1.82, 2.24) is 14.8 Å². The number of rotatable bonds is 8. The second-order valence-electron chi connectivity index (χ2n) is 5.78. The van der Waals surface area contributed by atoms with Gasteiger partial charge in [0.2, 0.25) is 5.91 Å². The molecule has 2 aromatic carbocycles. The Morgan fingerprint density at radius 3 is 2.71 bits per heavy atom. The summed E-state index contributed by atoms with van der Waals surface area (Å²) in [5.74, 6) is 0.561. The second-order valence-corrected chi connectivity index (χ2v) is 7.13. The van der Waals surface area contributed by atoms with Gasteiger partial charge in [0.25, 0.3) is 0 Å². The molecule has 0 spiro atoms. The summed E-state index contributed by atoms with van der Waals surface area (Å²) < 4.78 is 6.99. The molecule has 0 fully saturated rings. The lowest BCUT2D eigenvalue weighted by Gasteiger charge is -2.11. The predicted octanol–water partition coefficient (Wildman–Crippen LogP) is 3.68. The van der Waals surface area contributed by atoms with Gasteiger partial charge in [0.15, 0.2) is 11.0 Å². The van der Waals surface area contributed by atoms with Crippen LogP contribution in [0.15, 0.2) is 53.7 Å². The summed E-state index contributed by atoms with van der Waals surface area (Å²) in [7, 11) is 1.61. The smallest absolute Gasteiger partial charge is 0.234 e. The molecule has 3 rings (SSSR count). The third-order valence-electron chi connectivity index (χ3n) is 3.86. The lowest BCUT2D eigenvalue weighted by Crippen LogP contribution is -2.15. The van der Waals surface area contributed by atoms with E-state index in [1.54, 1.807) is 49.6 Å². The minimum Gasteiger partial charge on any atom is -0.507 e. The fourth-order valence-corrected chi connectivity index (χ4v) is 3.47. The van der Waals surface area contributed by atoms with E-state index in [0.717, 1.165) is 0 Å². The molecule has 3 aromatic rings. The van der Waals surface area contributed by atoms with Crippen molar-refractivity contribution in [3.05, 3.63) is 53.6 Å². The van der Waals surface area contributed by atoms with Crippen molar-refractivity contribution in [2.75, 3.05) is 24.8 Å². The number of hydrogen-bond acceptors (Lipinski definition) is 6. The van der Waals surface area contributed by atoms with Crippen LogP contribution in [0.5, 0.6) is 5.75 Å². The van der Waals surface area contributed by atoms with E-state index >= 15 is 0 Å². The third kappa shape index (κ3) is 4.83. The number of methoxy groups -OCH3 is 1. The first-order valence-electron chi connectivity index (χ1n) is 8.48. The fourth-order valence-electron chi connectivity index (χ4n) is 2.52. The molecule has 2 N–H and O–H groups in total. The van der Waals surface area contributed by atoms with Crippen molar-refractivity contribution in [3.8, 4) is 17.1 Å². The number of nitrogens with one attached hydrogen (secondary N) is 1. The maximum Gasteiger partial charge on any atom is 0.234 e. The van der Waals surface area contributed by atoms with Crippen LogP contribution in [0.1, 0.15) is 0 Å². The molecule has 0 bridgehead atoms. The highest BCUT2D eigenvalue weighted by Crippen LogP contribution is 2.30.